The summed E-state index contributed by atoms with van der Waals surface area (Å²) in [7, 11) is 0. The van der Waals surface area contributed by atoms with Crippen LogP contribution in [0.25, 0.3) is 0 Å². The minimum atomic E-state index is -0.329. The molecule has 140 valence electrons. The standard InChI is InChI=1S/C20H27N3O3/c1-13-5-6-14(2)17(9-13)21-18(25)7-8-19(26)23-22-15-10-16(24)12-20(3,4)11-15/h5-6,9H,7-8,10-12H2,1-4H3,(H,21,25)(H,23,26)/b22-15-. The van der Waals surface area contributed by atoms with Crippen LogP contribution in [0.15, 0.2) is 23.3 Å². The van der Waals surface area contributed by atoms with Gasteiger partial charge in [-0.05, 0) is 42.9 Å². The highest BCUT2D eigenvalue weighted by Crippen LogP contribution is 2.31. The Hall–Kier alpha value is -2.50. The molecule has 1 fully saturated rings. The second kappa shape index (κ2) is 8.25. The Balaban J connectivity index is 1.81. The fourth-order valence-corrected chi connectivity index (χ4v) is 3.09. The lowest BCUT2D eigenvalue weighted by Crippen LogP contribution is -2.31. The van der Waals surface area contributed by atoms with Crippen molar-refractivity contribution in [3.8, 4) is 0 Å². The molecule has 0 atom stereocenters. The van der Waals surface area contributed by atoms with Gasteiger partial charge in [0.25, 0.3) is 0 Å². The average Bonchev–Trinajstić information content (AvgIpc) is 2.52. The van der Waals surface area contributed by atoms with E-state index in [-0.39, 0.29) is 42.3 Å². The molecule has 0 bridgehead atoms. The van der Waals surface area contributed by atoms with Gasteiger partial charge in [0.2, 0.25) is 11.8 Å². The lowest BCUT2D eigenvalue weighted by atomic mass is 9.76. The largest absolute Gasteiger partial charge is 0.326 e. The van der Waals surface area contributed by atoms with Crippen molar-refractivity contribution in [2.24, 2.45) is 10.5 Å². The topological polar surface area (TPSA) is 87.6 Å². The average molecular weight is 357 g/mol. The zero-order valence-electron chi connectivity index (χ0n) is 15.9. The molecule has 6 heteroatoms. The number of Topliss-reactive ketones (excluding diaryl/α,β-unsaturated/α-hetero) is 1. The zero-order valence-corrected chi connectivity index (χ0v) is 15.9. The van der Waals surface area contributed by atoms with Gasteiger partial charge in [0.1, 0.15) is 5.78 Å². The smallest absolute Gasteiger partial charge is 0.240 e. The molecule has 2 rings (SSSR count). The van der Waals surface area contributed by atoms with Gasteiger partial charge in [0, 0.05) is 37.1 Å². The van der Waals surface area contributed by atoms with Gasteiger partial charge in [-0.25, -0.2) is 5.43 Å². The number of anilines is 1. The second-order valence-electron chi connectivity index (χ2n) is 7.81. The van der Waals surface area contributed by atoms with E-state index in [4.69, 9.17) is 0 Å². The highest BCUT2D eigenvalue weighted by atomic mass is 16.2. The SMILES string of the molecule is Cc1ccc(C)c(NC(=O)CCC(=O)N/N=C2/CC(=O)CC(C)(C)C2)c1. The van der Waals surface area contributed by atoms with Crippen LogP contribution < -0.4 is 10.7 Å². The van der Waals surface area contributed by atoms with Gasteiger partial charge in [-0.1, -0.05) is 26.0 Å². The second-order valence-corrected chi connectivity index (χ2v) is 7.81. The van der Waals surface area contributed by atoms with Gasteiger partial charge in [-0.3, -0.25) is 14.4 Å². The van der Waals surface area contributed by atoms with E-state index in [1.165, 1.54) is 0 Å². The van der Waals surface area contributed by atoms with Crippen molar-refractivity contribution in [3.05, 3.63) is 29.3 Å². The van der Waals surface area contributed by atoms with E-state index >= 15 is 0 Å². The van der Waals surface area contributed by atoms with Crippen molar-refractivity contribution in [1.29, 1.82) is 0 Å². The maximum Gasteiger partial charge on any atom is 0.240 e. The van der Waals surface area contributed by atoms with Gasteiger partial charge < -0.3 is 5.32 Å². The molecule has 1 aromatic rings. The van der Waals surface area contributed by atoms with Crippen LogP contribution in [0, 0.1) is 19.3 Å². The van der Waals surface area contributed by atoms with Gasteiger partial charge in [0.15, 0.2) is 0 Å². The van der Waals surface area contributed by atoms with Crippen LogP contribution in [-0.2, 0) is 14.4 Å². The number of nitrogens with one attached hydrogen (secondary N) is 2. The Bertz CT molecular complexity index is 751. The number of aryl methyl sites for hydroxylation is 2. The van der Waals surface area contributed by atoms with Crippen LogP contribution >= 0.6 is 0 Å². The summed E-state index contributed by atoms with van der Waals surface area (Å²) in [5, 5.41) is 6.91. The number of hydrazone groups is 1. The molecule has 2 amide bonds. The highest BCUT2D eigenvalue weighted by Gasteiger charge is 2.30. The molecule has 1 aromatic carbocycles. The van der Waals surface area contributed by atoms with Crippen molar-refractivity contribution in [3.63, 3.8) is 0 Å². The summed E-state index contributed by atoms with van der Waals surface area (Å²) < 4.78 is 0. The molecule has 0 spiro atoms. The molecule has 0 unspecified atom stereocenters. The molecular formula is C20H27N3O3. The van der Waals surface area contributed by atoms with Crippen LogP contribution in [0.1, 0.15) is 57.1 Å². The molecular weight excluding hydrogens is 330 g/mol. The van der Waals surface area contributed by atoms with Crippen molar-refractivity contribution in [1.82, 2.24) is 5.43 Å². The van der Waals surface area contributed by atoms with Crippen molar-refractivity contribution in [2.45, 2.75) is 59.8 Å². The maximum atomic E-state index is 12.0. The Kier molecular flexibility index (Phi) is 6.29. The Morgan fingerprint density at radius 3 is 2.50 bits per heavy atom. The molecule has 6 nitrogen and oxygen atoms in total. The van der Waals surface area contributed by atoms with Crippen LogP contribution in [-0.4, -0.2) is 23.3 Å². The normalized spacial score (nSPS) is 17.8. The van der Waals surface area contributed by atoms with E-state index in [2.05, 4.69) is 15.8 Å². The first-order valence-electron chi connectivity index (χ1n) is 8.88. The maximum absolute atomic E-state index is 12.0. The Morgan fingerprint density at radius 2 is 1.81 bits per heavy atom. The molecule has 1 saturated carbocycles. The summed E-state index contributed by atoms with van der Waals surface area (Å²) in [4.78, 5) is 35.7. The molecule has 2 N–H and O–H groups in total. The predicted molar refractivity (Wildman–Crippen MR) is 102 cm³/mol. The monoisotopic (exact) mass is 357 g/mol. The third kappa shape index (κ3) is 6.10. The number of nitrogens with zero attached hydrogens (tertiary/aromatic N) is 1. The Morgan fingerprint density at radius 1 is 1.12 bits per heavy atom. The minimum absolute atomic E-state index is 0.0464. The lowest BCUT2D eigenvalue weighted by molar-refractivity contribution is -0.124. The Labute approximate surface area is 154 Å². The van der Waals surface area contributed by atoms with E-state index in [9.17, 15) is 14.4 Å². The van der Waals surface area contributed by atoms with Crippen LogP contribution in [0.2, 0.25) is 0 Å². The lowest BCUT2D eigenvalue weighted by Gasteiger charge is -2.28. The van der Waals surface area contributed by atoms with Gasteiger partial charge in [-0.15, -0.1) is 0 Å². The molecule has 0 heterocycles. The first-order chi connectivity index (χ1) is 12.1. The summed E-state index contributed by atoms with van der Waals surface area (Å²) in [5.41, 5.74) is 5.84. The van der Waals surface area contributed by atoms with Crippen molar-refractivity contribution in [2.75, 3.05) is 5.32 Å². The zero-order chi connectivity index (χ0) is 19.3. The number of carbonyl (C=O) groups excluding carboxylic acids is 3. The van der Waals surface area contributed by atoms with E-state index < -0.39 is 0 Å². The number of benzene rings is 1. The van der Waals surface area contributed by atoms with Crippen molar-refractivity contribution >= 4 is 29.0 Å². The van der Waals surface area contributed by atoms with Crippen LogP contribution in [0.3, 0.4) is 0 Å². The van der Waals surface area contributed by atoms with E-state index in [1.807, 2.05) is 45.9 Å². The number of amides is 2. The van der Waals surface area contributed by atoms with Crippen LogP contribution in [0.4, 0.5) is 5.69 Å². The molecule has 0 aromatic heterocycles. The summed E-state index contributed by atoms with van der Waals surface area (Å²) in [6.07, 6.45) is 1.64. The fraction of sp³-hybridized carbons (Fsp3) is 0.500. The number of carbonyl (C=O) groups is 3. The fourth-order valence-electron chi connectivity index (χ4n) is 3.09. The van der Waals surface area contributed by atoms with Gasteiger partial charge in [0.05, 0.1) is 0 Å². The molecule has 0 saturated heterocycles. The van der Waals surface area contributed by atoms with E-state index in [1.54, 1.807) is 0 Å². The van der Waals surface area contributed by atoms with Crippen LogP contribution in [0.5, 0.6) is 0 Å². The van der Waals surface area contributed by atoms with E-state index in [0.29, 0.717) is 18.6 Å². The number of hydrogen-bond acceptors (Lipinski definition) is 4. The predicted octanol–water partition coefficient (Wildman–Crippen LogP) is 3.27. The third-order valence-corrected chi connectivity index (χ3v) is 4.34. The number of rotatable bonds is 5. The summed E-state index contributed by atoms with van der Waals surface area (Å²) >= 11 is 0. The van der Waals surface area contributed by atoms with Crippen molar-refractivity contribution < 1.29 is 14.4 Å². The molecule has 1 aliphatic carbocycles. The molecule has 0 radical (unpaired) electrons. The van der Waals surface area contributed by atoms with E-state index in [0.717, 1.165) is 16.8 Å². The summed E-state index contributed by atoms with van der Waals surface area (Å²) in [5.74, 6) is -0.401. The first kappa shape index (κ1) is 19.8. The quantitative estimate of drug-likeness (QED) is 0.793. The third-order valence-electron chi connectivity index (χ3n) is 4.34. The molecule has 26 heavy (non-hydrogen) atoms. The summed E-state index contributed by atoms with van der Waals surface area (Å²) in [6, 6.07) is 5.83. The highest BCUT2D eigenvalue weighted by molar-refractivity contribution is 6.05. The van der Waals surface area contributed by atoms with Gasteiger partial charge in [-0.2, -0.15) is 5.10 Å². The first-order valence-corrected chi connectivity index (χ1v) is 8.88. The minimum Gasteiger partial charge on any atom is -0.326 e. The molecule has 0 aliphatic heterocycles. The molecule has 1 aliphatic rings. The number of hydrogen-bond donors (Lipinski definition) is 2. The summed E-state index contributed by atoms with van der Waals surface area (Å²) in [6.45, 7) is 7.90. The number of ketones is 1. The van der Waals surface area contributed by atoms with Gasteiger partial charge >= 0.3 is 0 Å².